The second-order valence-corrected chi connectivity index (χ2v) is 5.51. The molecule has 106 valence electrons. The SMILES string of the molecule is CC(C)c1ccc(CNc2ccc3nccnc3c2)cc1. The van der Waals surface area contributed by atoms with Crippen LogP contribution in [0.4, 0.5) is 5.69 Å². The van der Waals surface area contributed by atoms with Crippen molar-refractivity contribution in [2.24, 2.45) is 0 Å². The quantitative estimate of drug-likeness (QED) is 0.769. The van der Waals surface area contributed by atoms with E-state index >= 15 is 0 Å². The molecule has 0 atom stereocenters. The Labute approximate surface area is 125 Å². The highest BCUT2D eigenvalue weighted by atomic mass is 14.9. The summed E-state index contributed by atoms with van der Waals surface area (Å²) in [6.45, 7) is 5.23. The first-order valence-electron chi connectivity index (χ1n) is 7.26. The van der Waals surface area contributed by atoms with Gasteiger partial charge >= 0.3 is 0 Å². The van der Waals surface area contributed by atoms with E-state index in [1.807, 2.05) is 18.2 Å². The van der Waals surface area contributed by atoms with E-state index in [-0.39, 0.29) is 0 Å². The molecule has 0 saturated carbocycles. The van der Waals surface area contributed by atoms with E-state index in [0.717, 1.165) is 23.3 Å². The summed E-state index contributed by atoms with van der Waals surface area (Å²) >= 11 is 0. The highest BCUT2D eigenvalue weighted by molar-refractivity contribution is 5.78. The monoisotopic (exact) mass is 277 g/mol. The summed E-state index contributed by atoms with van der Waals surface area (Å²) in [6, 6.07) is 14.8. The molecule has 0 amide bonds. The molecule has 0 saturated heterocycles. The molecule has 0 spiro atoms. The molecule has 0 bridgehead atoms. The molecule has 21 heavy (non-hydrogen) atoms. The molecular weight excluding hydrogens is 258 g/mol. The maximum atomic E-state index is 4.33. The van der Waals surface area contributed by atoms with Gasteiger partial charge in [-0.25, -0.2) is 0 Å². The molecule has 3 nitrogen and oxygen atoms in total. The van der Waals surface area contributed by atoms with Gasteiger partial charge in [-0.2, -0.15) is 0 Å². The van der Waals surface area contributed by atoms with Crippen LogP contribution in [-0.4, -0.2) is 9.97 Å². The first-order valence-corrected chi connectivity index (χ1v) is 7.26. The van der Waals surface area contributed by atoms with E-state index in [1.54, 1.807) is 12.4 Å². The van der Waals surface area contributed by atoms with Crippen LogP contribution < -0.4 is 5.32 Å². The van der Waals surface area contributed by atoms with Crippen molar-refractivity contribution in [3.8, 4) is 0 Å². The summed E-state index contributed by atoms with van der Waals surface area (Å²) in [6.07, 6.45) is 3.43. The number of aromatic nitrogens is 2. The van der Waals surface area contributed by atoms with Gasteiger partial charge in [0.05, 0.1) is 11.0 Å². The fourth-order valence-corrected chi connectivity index (χ4v) is 2.30. The summed E-state index contributed by atoms with van der Waals surface area (Å²) in [5.74, 6) is 0.575. The Morgan fingerprint density at radius 3 is 2.33 bits per heavy atom. The van der Waals surface area contributed by atoms with Crippen LogP contribution in [0.25, 0.3) is 11.0 Å². The van der Waals surface area contributed by atoms with Crippen LogP contribution in [0.5, 0.6) is 0 Å². The van der Waals surface area contributed by atoms with Crippen molar-refractivity contribution < 1.29 is 0 Å². The van der Waals surface area contributed by atoms with Gasteiger partial charge in [-0.15, -0.1) is 0 Å². The third-order valence-corrected chi connectivity index (χ3v) is 3.61. The average Bonchev–Trinajstić information content (AvgIpc) is 2.53. The fourth-order valence-electron chi connectivity index (χ4n) is 2.30. The zero-order valence-electron chi connectivity index (χ0n) is 12.4. The van der Waals surface area contributed by atoms with Crippen molar-refractivity contribution in [2.75, 3.05) is 5.32 Å². The molecule has 1 N–H and O–H groups in total. The van der Waals surface area contributed by atoms with Gasteiger partial charge < -0.3 is 5.32 Å². The minimum absolute atomic E-state index is 0.575. The van der Waals surface area contributed by atoms with Gasteiger partial charge in [-0.3, -0.25) is 9.97 Å². The molecule has 3 rings (SSSR count). The molecule has 2 aromatic carbocycles. The van der Waals surface area contributed by atoms with E-state index in [9.17, 15) is 0 Å². The van der Waals surface area contributed by atoms with Gasteiger partial charge in [0.1, 0.15) is 0 Å². The van der Waals surface area contributed by atoms with Gasteiger partial charge in [0, 0.05) is 24.6 Å². The lowest BCUT2D eigenvalue weighted by atomic mass is 10.0. The molecule has 0 unspecified atom stereocenters. The lowest BCUT2D eigenvalue weighted by Crippen LogP contribution is -2.00. The smallest absolute Gasteiger partial charge is 0.0907 e. The van der Waals surface area contributed by atoms with Crippen molar-refractivity contribution in [1.82, 2.24) is 9.97 Å². The molecule has 3 aromatic rings. The molecule has 0 aliphatic heterocycles. The molecule has 1 aromatic heterocycles. The van der Waals surface area contributed by atoms with Gasteiger partial charge in [0.2, 0.25) is 0 Å². The topological polar surface area (TPSA) is 37.8 Å². The fraction of sp³-hybridized carbons (Fsp3) is 0.222. The van der Waals surface area contributed by atoms with Crippen LogP contribution in [0.1, 0.15) is 30.9 Å². The Morgan fingerprint density at radius 1 is 0.905 bits per heavy atom. The maximum Gasteiger partial charge on any atom is 0.0907 e. The number of benzene rings is 2. The third-order valence-electron chi connectivity index (χ3n) is 3.61. The third kappa shape index (κ3) is 3.19. The van der Waals surface area contributed by atoms with Crippen LogP contribution >= 0.6 is 0 Å². The van der Waals surface area contributed by atoms with Crippen molar-refractivity contribution >= 4 is 16.7 Å². The highest BCUT2D eigenvalue weighted by Crippen LogP contribution is 2.17. The number of fused-ring (bicyclic) bond motifs is 1. The van der Waals surface area contributed by atoms with E-state index in [1.165, 1.54) is 11.1 Å². The first kappa shape index (κ1) is 13.6. The number of anilines is 1. The number of hydrogen-bond donors (Lipinski definition) is 1. The van der Waals surface area contributed by atoms with E-state index in [2.05, 4.69) is 53.4 Å². The molecule has 0 radical (unpaired) electrons. The number of rotatable bonds is 4. The number of nitrogens with zero attached hydrogens (tertiary/aromatic N) is 2. The summed E-state index contributed by atoms with van der Waals surface area (Å²) in [4.78, 5) is 8.60. The minimum Gasteiger partial charge on any atom is -0.381 e. The Kier molecular flexibility index (Phi) is 3.82. The summed E-state index contributed by atoms with van der Waals surface area (Å²) in [5, 5.41) is 3.43. The predicted molar refractivity (Wildman–Crippen MR) is 87.4 cm³/mol. The largest absolute Gasteiger partial charge is 0.381 e. The van der Waals surface area contributed by atoms with Crippen LogP contribution in [0.3, 0.4) is 0 Å². The van der Waals surface area contributed by atoms with E-state index < -0.39 is 0 Å². The summed E-state index contributed by atoms with van der Waals surface area (Å²) in [7, 11) is 0. The maximum absolute atomic E-state index is 4.33. The van der Waals surface area contributed by atoms with Gasteiger partial charge in [0.25, 0.3) is 0 Å². The van der Waals surface area contributed by atoms with Gasteiger partial charge in [-0.1, -0.05) is 38.1 Å². The van der Waals surface area contributed by atoms with Crippen LogP contribution in [0.15, 0.2) is 54.9 Å². The average molecular weight is 277 g/mol. The molecule has 0 aliphatic carbocycles. The molecule has 3 heteroatoms. The Morgan fingerprint density at radius 2 is 1.62 bits per heavy atom. The normalized spacial score (nSPS) is 11.0. The van der Waals surface area contributed by atoms with Crippen LogP contribution in [0, 0.1) is 0 Å². The molecule has 0 aliphatic rings. The van der Waals surface area contributed by atoms with Crippen LogP contribution in [0.2, 0.25) is 0 Å². The second kappa shape index (κ2) is 5.92. The minimum atomic E-state index is 0.575. The van der Waals surface area contributed by atoms with E-state index in [4.69, 9.17) is 0 Å². The lowest BCUT2D eigenvalue weighted by Gasteiger charge is -2.09. The lowest BCUT2D eigenvalue weighted by molar-refractivity contribution is 0.865. The number of hydrogen-bond acceptors (Lipinski definition) is 3. The van der Waals surface area contributed by atoms with Gasteiger partial charge in [0.15, 0.2) is 0 Å². The van der Waals surface area contributed by atoms with Crippen molar-refractivity contribution in [3.63, 3.8) is 0 Å². The highest BCUT2D eigenvalue weighted by Gasteiger charge is 2.00. The van der Waals surface area contributed by atoms with Crippen LogP contribution in [-0.2, 0) is 6.54 Å². The van der Waals surface area contributed by atoms with Gasteiger partial charge in [-0.05, 0) is 35.2 Å². The second-order valence-electron chi connectivity index (χ2n) is 5.51. The Balaban J connectivity index is 1.71. The summed E-state index contributed by atoms with van der Waals surface area (Å²) in [5.41, 5.74) is 5.55. The first-order chi connectivity index (χ1) is 10.2. The molecule has 0 fully saturated rings. The molecular formula is C18H19N3. The standard InChI is InChI=1S/C18H19N3/c1-13(2)15-5-3-14(4-6-15)12-21-16-7-8-17-18(11-16)20-10-9-19-17/h3-11,13,21H,12H2,1-2H3. The molecule has 1 heterocycles. The predicted octanol–water partition coefficient (Wildman–Crippen LogP) is 4.37. The van der Waals surface area contributed by atoms with Crippen molar-refractivity contribution in [1.29, 1.82) is 0 Å². The Bertz CT molecular complexity index is 733. The number of nitrogens with one attached hydrogen (secondary N) is 1. The summed E-state index contributed by atoms with van der Waals surface area (Å²) < 4.78 is 0. The van der Waals surface area contributed by atoms with E-state index in [0.29, 0.717) is 5.92 Å². The zero-order valence-corrected chi connectivity index (χ0v) is 12.4. The Hall–Kier alpha value is -2.42. The zero-order chi connectivity index (χ0) is 14.7. The van der Waals surface area contributed by atoms with Crippen molar-refractivity contribution in [3.05, 3.63) is 66.0 Å². The van der Waals surface area contributed by atoms with Crippen molar-refractivity contribution in [2.45, 2.75) is 26.3 Å².